The fourth-order valence-corrected chi connectivity index (χ4v) is 1.96. The summed E-state index contributed by atoms with van der Waals surface area (Å²) in [7, 11) is 0. The molecule has 1 aromatic carbocycles. The van der Waals surface area contributed by atoms with E-state index in [4.69, 9.17) is 4.74 Å². The van der Waals surface area contributed by atoms with Gasteiger partial charge in [0, 0.05) is 12.5 Å². The van der Waals surface area contributed by atoms with Crippen LogP contribution in [0.1, 0.15) is 24.3 Å². The molecule has 2 heteroatoms. The monoisotopic (exact) mass is 222 g/mol. The normalized spacial score (nSPS) is 17.7. The first-order valence-electron chi connectivity index (χ1n) is 5.63. The summed E-state index contributed by atoms with van der Waals surface area (Å²) in [4.78, 5) is 0. The minimum Gasteiger partial charge on any atom is -0.380 e. The molecule has 0 spiro atoms. The molecule has 82 valence electrons. The Kier molecular flexibility index (Phi) is 4.09. The zero-order valence-corrected chi connectivity index (χ0v) is 9.83. The predicted octanol–water partition coefficient (Wildman–Crippen LogP) is 3.13. The number of benzene rings is 1. The van der Waals surface area contributed by atoms with Crippen molar-refractivity contribution in [1.29, 1.82) is 0 Å². The van der Waals surface area contributed by atoms with Crippen LogP contribution in [0, 0.1) is 5.92 Å². The van der Waals surface area contributed by atoms with E-state index in [1.807, 2.05) is 6.07 Å². The van der Waals surface area contributed by atoms with E-state index in [0.717, 1.165) is 24.9 Å². The smallest absolute Gasteiger partial charge is 0.0542 e. The van der Waals surface area contributed by atoms with E-state index in [1.54, 1.807) is 0 Å². The lowest BCUT2D eigenvalue weighted by molar-refractivity contribution is 0.115. The maximum atomic E-state index is 5.72. The molecule has 0 amide bonds. The largest absolute Gasteiger partial charge is 0.380 e. The Morgan fingerprint density at radius 2 is 2.00 bits per heavy atom. The van der Waals surface area contributed by atoms with Crippen molar-refractivity contribution in [2.24, 2.45) is 5.92 Å². The van der Waals surface area contributed by atoms with Gasteiger partial charge in [-0.1, -0.05) is 30.3 Å². The van der Waals surface area contributed by atoms with Crippen LogP contribution in [0.4, 0.5) is 0 Å². The first kappa shape index (κ1) is 11.0. The number of hydrogen-bond donors (Lipinski definition) is 1. The summed E-state index contributed by atoms with van der Waals surface area (Å²) in [6, 6.07) is 10.5. The molecule has 0 radical (unpaired) electrons. The van der Waals surface area contributed by atoms with Gasteiger partial charge in [-0.15, -0.1) is 0 Å². The SMILES string of the molecule is SCC(COCC1CC1)c1ccccc1. The van der Waals surface area contributed by atoms with Gasteiger partial charge in [-0.2, -0.15) is 12.6 Å². The highest BCUT2D eigenvalue weighted by Crippen LogP contribution is 2.29. The first-order chi connectivity index (χ1) is 7.40. The van der Waals surface area contributed by atoms with Crippen molar-refractivity contribution in [2.45, 2.75) is 18.8 Å². The lowest BCUT2D eigenvalue weighted by Gasteiger charge is -2.14. The van der Waals surface area contributed by atoms with E-state index in [2.05, 4.69) is 36.9 Å². The van der Waals surface area contributed by atoms with Crippen molar-refractivity contribution in [1.82, 2.24) is 0 Å². The molecule has 1 fully saturated rings. The van der Waals surface area contributed by atoms with Gasteiger partial charge in [0.15, 0.2) is 0 Å². The molecule has 0 aliphatic heterocycles. The van der Waals surface area contributed by atoms with E-state index in [0.29, 0.717) is 5.92 Å². The number of hydrogen-bond acceptors (Lipinski definition) is 2. The van der Waals surface area contributed by atoms with Gasteiger partial charge in [0.25, 0.3) is 0 Å². The van der Waals surface area contributed by atoms with Crippen LogP contribution in [0.3, 0.4) is 0 Å². The minimum absolute atomic E-state index is 0.438. The van der Waals surface area contributed by atoms with E-state index >= 15 is 0 Å². The third-order valence-corrected chi connectivity index (χ3v) is 3.30. The molecule has 15 heavy (non-hydrogen) atoms. The van der Waals surface area contributed by atoms with Crippen molar-refractivity contribution in [3.8, 4) is 0 Å². The van der Waals surface area contributed by atoms with Gasteiger partial charge in [-0.3, -0.25) is 0 Å². The number of rotatable bonds is 6. The lowest BCUT2D eigenvalue weighted by Crippen LogP contribution is -2.10. The van der Waals surface area contributed by atoms with Crippen LogP contribution in [0.15, 0.2) is 30.3 Å². The Labute approximate surface area is 97.2 Å². The molecule has 1 saturated carbocycles. The van der Waals surface area contributed by atoms with Gasteiger partial charge in [-0.25, -0.2) is 0 Å². The van der Waals surface area contributed by atoms with Crippen LogP contribution in [0.25, 0.3) is 0 Å². The van der Waals surface area contributed by atoms with Gasteiger partial charge in [0.05, 0.1) is 6.61 Å². The summed E-state index contributed by atoms with van der Waals surface area (Å²) in [5.74, 6) is 2.14. The average molecular weight is 222 g/mol. The third-order valence-electron chi connectivity index (χ3n) is 2.86. The van der Waals surface area contributed by atoms with Gasteiger partial charge in [-0.05, 0) is 30.1 Å². The molecular weight excluding hydrogens is 204 g/mol. The van der Waals surface area contributed by atoms with Crippen LogP contribution >= 0.6 is 12.6 Å². The molecule has 0 aromatic heterocycles. The van der Waals surface area contributed by atoms with Crippen LogP contribution in [0.2, 0.25) is 0 Å². The zero-order valence-electron chi connectivity index (χ0n) is 8.93. The van der Waals surface area contributed by atoms with E-state index < -0.39 is 0 Å². The van der Waals surface area contributed by atoms with Gasteiger partial charge in [0.1, 0.15) is 0 Å². The second kappa shape index (κ2) is 5.57. The quantitative estimate of drug-likeness (QED) is 0.728. The molecule has 1 unspecified atom stereocenters. The molecule has 0 bridgehead atoms. The highest BCUT2D eigenvalue weighted by atomic mass is 32.1. The maximum absolute atomic E-state index is 5.72. The number of ether oxygens (including phenoxy) is 1. The van der Waals surface area contributed by atoms with Crippen LogP contribution in [-0.4, -0.2) is 19.0 Å². The molecule has 1 aliphatic carbocycles. The van der Waals surface area contributed by atoms with Crippen molar-refractivity contribution >= 4 is 12.6 Å². The first-order valence-corrected chi connectivity index (χ1v) is 6.27. The Morgan fingerprint density at radius 1 is 1.27 bits per heavy atom. The molecule has 1 nitrogen and oxygen atoms in total. The molecule has 0 heterocycles. The Hall–Kier alpha value is -0.470. The van der Waals surface area contributed by atoms with Crippen LogP contribution in [0.5, 0.6) is 0 Å². The second-order valence-electron chi connectivity index (χ2n) is 4.27. The van der Waals surface area contributed by atoms with Crippen LogP contribution in [-0.2, 0) is 4.74 Å². The summed E-state index contributed by atoms with van der Waals surface area (Å²) in [6.45, 7) is 1.75. The standard InChI is InChI=1S/C13H18OS/c15-10-13(9-14-8-11-6-7-11)12-4-2-1-3-5-12/h1-5,11,13,15H,6-10H2. The zero-order chi connectivity index (χ0) is 10.5. The van der Waals surface area contributed by atoms with Crippen molar-refractivity contribution < 1.29 is 4.74 Å². The molecule has 1 aliphatic rings. The summed E-state index contributed by atoms with van der Waals surface area (Å²) >= 11 is 4.39. The summed E-state index contributed by atoms with van der Waals surface area (Å²) in [5.41, 5.74) is 1.34. The Balaban J connectivity index is 1.80. The third kappa shape index (κ3) is 3.54. The van der Waals surface area contributed by atoms with Crippen molar-refractivity contribution in [2.75, 3.05) is 19.0 Å². The minimum atomic E-state index is 0.438. The topological polar surface area (TPSA) is 9.23 Å². The maximum Gasteiger partial charge on any atom is 0.0542 e. The van der Waals surface area contributed by atoms with E-state index in [-0.39, 0.29) is 0 Å². The van der Waals surface area contributed by atoms with Gasteiger partial charge < -0.3 is 4.74 Å². The fourth-order valence-electron chi connectivity index (χ4n) is 1.64. The molecule has 0 saturated heterocycles. The second-order valence-corrected chi connectivity index (χ2v) is 4.64. The molecule has 1 aromatic rings. The van der Waals surface area contributed by atoms with Crippen molar-refractivity contribution in [3.05, 3.63) is 35.9 Å². The van der Waals surface area contributed by atoms with Gasteiger partial charge >= 0.3 is 0 Å². The van der Waals surface area contributed by atoms with E-state index in [1.165, 1.54) is 18.4 Å². The summed E-state index contributed by atoms with van der Waals surface area (Å²) in [5, 5.41) is 0. The fraction of sp³-hybridized carbons (Fsp3) is 0.538. The molecule has 1 atom stereocenters. The Bertz CT molecular complexity index is 282. The van der Waals surface area contributed by atoms with E-state index in [9.17, 15) is 0 Å². The van der Waals surface area contributed by atoms with Gasteiger partial charge in [0.2, 0.25) is 0 Å². The Morgan fingerprint density at radius 3 is 2.60 bits per heavy atom. The number of thiol groups is 1. The van der Waals surface area contributed by atoms with Crippen molar-refractivity contribution in [3.63, 3.8) is 0 Å². The average Bonchev–Trinajstić information content (AvgIpc) is 3.10. The highest BCUT2D eigenvalue weighted by molar-refractivity contribution is 7.80. The highest BCUT2D eigenvalue weighted by Gasteiger charge is 2.21. The summed E-state index contributed by atoms with van der Waals surface area (Å²) < 4.78 is 5.72. The molecular formula is C13H18OS. The summed E-state index contributed by atoms with van der Waals surface area (Å²) in [6.07, 6.45) is 2.72. The molecule has 2 rings (SSSR count). The lowest BCUT2D eigenvalue weighted by atomic mass is 10.0. The van der Waals surface area contributed by atoms with Crippen LogP contribution < -0.4 is 0 Å². The molecule has 0 N–H and O–H groups in total. The predicted molar refractivity (Wildman–Crippen MR) is 66.6 cm³/mol.